The molecule has 0 N–H and O–H groups in total. The third-order valence-electron chi connectivity index (χ3n) is 2.74. The first kappa shape index (κ1) is 13.8. The van der Waals surface area contributed by atoms with E-state index in [0.29, 0.717) is 12.6 Å². The first-order valence-electron chi connectivity index (χ1n) is 4.85. The summed E-state index contributed by atoms with van der Waals surface area (Å²) in [5.41, 5.74) is -1.59. The first-order valence-corrected chi connectivity index (χ1v) is 4.85. The Labute approximate surface area is 84.3 Å². The fourth-order valence-electron chi connectivity index (χ4n) is 0.856. The van der Waals surface area contributed by atoms with E-state index >= 15 is 0 Å². The summed E-state index contributed by atoms with van der Waals surface area (Å²) in [4.78, 5) is 1.92. The fraction of sp³-hybridized carbons (Fsp3) is 1.00. The van der Waals surface area contributed by atoms with Crippen LogP contribution in [0.3, 0.4) is 0 Å². The zero-order valence-corrected chi connectivity index (χ0v) is 9.57. The molecule has 0 heterocycles. The van der Waals surface area contributed by atoms with E-state index in [0.717, 1.165) is 0 Å². The zero-order valence-electron chi connectivity index (χ0n) is 9.57. The van der Waals surface area contributed by atoms with E-state index in [1.165, 1.54) is 13.8 Å². The largest absolute Gasteiger partial charge is 0.394 e. The van der Waals surface area contributed by atoms with Gasteiger partial charge >= 0.3 is 6.18 Å². The van der Waals surface area contributed by atoms with Crippen molar-refractivity contribution in [1.29, 1.82) is 0 Å². The number of rotatable bonds is 4. The molecular formula is C10H20F3N. The van der Waals surface area contributed by atoms with Crippen LogP contribution in [0.5, 0.6) is 0 Å². The molecule has 1 nitrogen and oxygen atoms in total. The smallest absolute Gasteiger partial charge is 0.304 e. The third kappa shape index (κ3) is 3.86. The van der Waals surface area contributed by atoms with Gasteiger partial charge in [-0.3, -0.25) is 0 Å². The molecule has 0 atom stereocenters. The second-order valence-corrected chi connectivity index (χ2v) is 4.71. The topological polar surface area (TPSA) is 3.24 Å². The van der Waals surface area contributed by atoms with Gasteiger partial charge in [0.05, 0.1) is 5.41 Å². The Morgan fingerprint density at radius 1 is 1.14 bits per heavy atom. The standard InChI is InChI=1S/C10H20F3N/c1-8(2)14(5)7-6-9(3,4)10(11,12)13/h8H,6-7H2,1-5H3. The van der Waals surface area contributed by atoms with Crippen LogP contribution in [-0.2, 0) is 0 Å². The lowest BCUT2D eigenvalue weighted by Gasteiger charge is -2.31. The monoisotopic (exact) mass is 211 g/mol. The minimum Gasteiger partial charge on any atom is -0.304 e. The van der Waals surface area contributed by atoms with Crippen LogP contribution < -0.4 is 0 Å². The van der Waals surface area contributed by atoms with Gasteiger partial charge in [0.2, 0.25) is 0 Å². The zero-order chi connectivity index (χ0) is 11.6. The van der Waals surface area contributed by atoms with E-state index < -0.39 is 11.6 Å². The molecule has 0 unspecified atom stereocenters. The highest BCUT2D eigenvalue weighted by molar-refractivity contribution is 4.78. The quantitative estimate of drug-likeness (QED) is 0.689. The first-order chi connectivity index (χ1) is 6.08. The van der Waals surface area contributed by atoms with Crippen molar-refractivity contribution in [2.24, 2.45) is 5.41 Å². The third-order valence-corrected chi connectivity index (χ3v) is 2.74. The van der Waals surface area contributed by atoms with Crippen molar-refractivity contribution < 1.29 is 13.2 Å². The maximum absolute atomic E-state index is 12.5. The molecule has 0 saturated carbocycles. The Bertz CT molecular complexity index is 173. The fourth-order valence-corrected chi connectivity index (χ4v) is 0.856. The van der Waals surface area contributed by atoms with Crippen LogP contribution >= 0.6 is 0 Å². The van der Waals surface area contributed by atoms with E-state index in [-0.39, 0.29) is 6.42 Å². The Morgan fingerprint density at radius 2 is 1.57 bits per heavy atom. The van der Waals surface area contributed by atoms with Crippen molar-refractivity contribution in [2.75, 3.05) is 13.6 Å². The summed E-state index contributed by atoms with van der Waals surface area (Å²) in [6.07, 6.45) is -3.96. The summed E-state index contributed by atoms with van der Waals surface area (Å²) in [7, 11) is 1.84. The number of nitrogens with zero attached hydrogens (tertiary/aromatic N) is 1. The van der Waals surface area contributed by atoms with Crippen LogP contribution in [0, 0.1) is 5.41 Å². The average molecular weight is 211 g/mol. The Kier molecular flexibility index (Phi) is 4.43. The van der Waals surface area contributed by atoms with Crippen molar-refractivity contribution in [2.45, 2.75) is 46.3 Å². The van der Waals surface area contributed by atoms with Gasteiger partial charge in [0, 0.05) is 6.04 Å². The van der Waals surface area contributed by atoms with Gasteiger partial charge in [0.15, 0.2) is 0 Å². The Balaban J connectivity index is 4.13. The minimum absolute atomic E-state index is 0.144. The molecule has 0 saturated heterocycles. The lowest BCUT2D eigenvalue weighted by atomic mass is 9.88. The van der Waals surface area contributed by atoms with Gasteiger partial charge in [-0.1, -0.05) is 13.8 Å². The van der Waals surface area contributed by atoms with Crippen molar-refractivity contribution >= 4 is 0 Å². The molecule has 0 aromatic rings. The van der Waals surface area contributed by atoms with Gasteiger partial charge in [0.25, 0.3) is 0 Å². The molecule has 0 aromatic carbocycles. The normalized spacial score (nSPS) is 14.1. The molecule has 0 rings (SSSR count). The second kappa shape index (κ2) is 4.51. The van der Waals surface area contributed by atoms with Gasteiger partial charge < -0.3 is 4.90 Å². The van der Waals surface area contributed by atoms with E-state index in [9.17, 15) is 13.2 Å². The predicted octanol–water partition coefficient (Wildman–Crippen LogP) is 3.31. The van der Waals surface area contributed by atoms with E-state index in [2.05, 4.69) is 0 Å². The molecule has 86 valence electrons. The number of hydrogen-bond donors (Lipinski definition) is 0. The van der Waals surface area contributed by atoms with Gasteiger partial charge in [-0.05, 0) is 33.9 Å². The molecular weight excluding hydrogens is 191 g/mol. The van der Waals surface area contributed by atoms with Crippen LogP contribution in [0.15, 0.2) is 0 Å². The lowest BCUT2D eigenvalue weighted by molar-refractivity contribution is -0.214. The van der Waals surface area contributed by atoms with Crippen molar-refractivity contribution in [3.63, 3.8) is 0 Å². The summed E-state index contributed by atoms with van der Waals surface area (Å²) < 4.78 is 37.4. The van der Waals surface area contributed by atoms with Crippen LogP contribution in [0.1, 0.15) is 34.1 Å². The SMILES string of the molecule is CC(C)N(C)CCC(C)(C)C(F)(F)F. The summed E-state index contributed by atoms with van der Waals surface area (Å²) in [6, 6.07) is 0.291. The van der Waals surface area contributed by atoms with Crippen LogP contribution in [0.25, 0.3) is 0 Å². The molecule has 0 aliphatic carbocycles. The molecule has 0 aliphatic rings. The molecule has 0 amide bonds. The number of halogens is 3. The lowest BCUT2D eigenvalue weighted by Crippen LogP contribution is -2.37. The van der Waals surface area contributed by atoms with E-state index in [1.54, 1.807) is 0 Å². The Morgan fingerprint density at radius 3 is 1.86 bits per heavy atom. The molecule has 14 heavy (non-hydrogen) atoms. The molecule has 4 heteroatoms. The highest BCUT2D eigenvalue weighted by Crippen LogP contribution is 2.40. The van der Waals surface area contributed by atoms with Crippen LogP contribution in [-0.4, -0.2) is 30.7 Å². The summed E-state index contributed by atoms with van der Waals surface area (Å²) in [5.74, 6) is 0. The molecule has 0 aliphatic heterocycles. The van der Waals surface area contributed by atoms with Crippen molar-refractivity contribution in [3.05, 3.63) is 0 Å². The highest BCUT2D eigenvalue weighted by Gasteiger charge is 2.46. The average Bonchev–Trinajstić information content (AvgIpc) is 1.97. The number of hydrogen-bond acceptors (Lipinski definition) is 1. The van der Waals surface area contributed by atoms with Gasteiger partial charge in [-0.2, -0.15) is 13.2 Å². The van der Waals surface area contributed by atoms with Gasteiger partial charge in [-0.15, -0.1) is 0 Å². The second-order valence-electron chi connectivity index (χ2n) is 4.71. The van der Waals surface area contributed by atoms with Crippen LogP contribution in [0.4, 0.5) is 13.2 Å². The highest BCUT2D eigenvalue weighted by atomic mass is 19.4. The van der Waals surface area contributed by atoms with Crippen LogP contribution in [0.2, 0.25) is 0 Å². The molecule has 0 aromatic heterocycles. The molecule has 0 radical (unpaired) electrons. The maximum Gasteiger partial charge on any atom is 0.394 e. The van der Waals surface area contributed by atoms with Crippen molar-refractivity contribution in [3.8, 4) is 0 Å². The predicted molar refractivity (Wildman–Crippen MR) is 52.2 cm³/mol. The maximum atomic E-state index is 12.5. The van der Waals surface area contributed by atoms with E-state index in [4.69, 9.17) is 0 Å². The molecule has 0 bridgehead atoms. The number of alkyl halides is 3. The van der Waals surface area contributed by atoms with Gasteiger partial charge in [-0.25, -0.2) is 0 Å². The van der Waals surface area contributed by atoms with Gasteiger partial charge in [0.1, 0.15) is 0 Å². The molecule has 0 spiro atoms. The van der Waals surface area contributed by atoms with Crippen molar-refractivity contribution in [1.82, 2.24) is 4.90 Å². The summed E-state index contributed by atoms with van der Waals surface area (Å²) in [6.45, 7) is 6.92. The Hall–Kier alpha value is -0.250. The summed E-state index contributed by atoms with van der Waals surface area (Å²) >= 11 is 0. The summed E-state index contributed by atoms with van der Waals surface area (Å²) in [5, 5.41) is 0. The van der Waals surface area contributed by atoms with E-state index in [1.807, 2.05) is 25.8 Å². The molecule has 0 fully saturated rings. The minimum atomic E-state index is -4.11.